The SMILES string of the molecule is NCCCCCO[C@@H]1O[C@H](C(=O)O)[C@@H](O[C@H]2O[C@H](CO)[C@@H](O[C@@H]3O[C@@H](C(=O)O)[C@@H](O[C@H]4O[C@H](CO)[C@@H](O[C@@H]5O[C@H](C(=O)O)[C@@H](O[C@H]6O[C@H](CO)[C@@H](O[C@@H]7O[C@@H](C(=O)O)[C@@H](O[C@H]8O[C@H](CO)[C@@H](O)[C@H](O)[C@H]8NS(=O)(=O)O)[C@H](O)[C@H]7O)[C@H](O)[C@H]6NS(=O)(=O)O)[C@H](O)[C@H]5O)[C@H](O)[C@H]4NS(=O)(=O)O)[C@H](O)[C@H]3O)[C@H](O)[C@H]2NS(=O)(=O)O)[C@H](O)[C@H]1O. The van der Waals surface area contributed by atoms with Gasteiger partial charge in [-0.2, -0.15) is 52.6 Å². The average molecular weight is 1770 g/mol. The summed E-state index contributed by atoms with van der Waals surface area (Å²) >= 11 is 0. The zero-order chi connectivity index (χ0) is 85.9. The molecule has 0 bridgehead atoms. The number of unbranched alkanes of at least 4 members (excludes halogenated alkanes) is 2. The number of hydrogen-bond acceptors (Lipinski definition) is 46. The van der Waals surface area contributed by atoms with Gasteiger partial charge in [0.1, 0.15) is 171 Å². The van der Waals surface area contributed by atoms with Crippen LogP contribution in [0.3, 0.4) is 0 Å². The molecule has 668 valence electrons. The highest BCUT2D eigenvalue weighted by Gasteiger charge is 2.63. The molecular formula is C53H89N5O53S4. The Balaban J connectivity index is 0.964. The maximum atomic E-state index is 13.0. The molecule has 40 atom stereocenters. The Labute approximate surface area is 645 Å². The van der Waals surface area contributed by atoms with Crippen molar-refractivity contribution in [2.24, 2.45) is 5.73 Å². The lowest BCUT2D eigenvalue weighted by Gasteiger charge is -2.50. The first-order valence-corrected chi connectivity index (χ1v) is 39.6. The van der Waals surface area contributed by atoms with Crippen molar-refractivity contribution in [1.29, 1.82) is 0 Å². The second-order valence-electron chi connectivity index (χ2n) is 26.7. The summed E-state index contributed by atoms with van der Waals surface area (Å²) in [4.78, 5) is 51.1. The highest BCUT2D eigenvalue weighted by molar-refractivity contribution is 7.84. The van der Waals surface area contributed by atoms with Gasteiger partial charge in [0.05, 0.1) is 26.4 Å². The number of aliphatic hydroxyl groups is 17. The fourth-order valence-electron chi connectivity index (χ4n) is 13.4. The molecule has 62 heteroatoms. The van der Waals surface area contributed by atoms with E-state index in [4.69, 9.17) is 81.5 Å². The smallest absolute Gasteiger partial charge is 0.335 e. The summed E-state index contributed by atoms with van der Waals surface area (Å²) in [5, 5.41) is 230. The molecule has 0 amide bonds. The van der Waals surface area contributed by atoms with Gasteiger partial charge < -0.3 is 189 Å². The summed E-state index contributed by atoms with van der Waals surface area (Å²) in [7, 11) is -22.4. The Kier molecular flexibility index (Phi) is 33.5. The van der Waals surface area contributed by atoms with Gasteiger partial charge in [0.25, 0.3) is 0 Å². The summed E-state index contributed by atoms with van der Waals surface area (Å²) in [6.07, 6.45) is -89.1. The number of nitrogens with one attached hydrogen (secondary N) is 4. The number of aliphatic hydroxyl groups excluding tert-OH is 17. The van der Waals surface area contributed by atoms with Gasteiger partial charge in [0.2, 0.25) is 0 Å². The molecule has 0 aromatic rings. The largest absolute Gasteiger partial charge is 0.479 e. The molecule has 115 heavy (non-hydrogen) atoms. The quantitative estimate of drug-likeness (QED) is 0.0205. The van der Waals surface area contributed by atoms with Crippen LogP contribution in [-0.2, 0) is 136 Å². The zero-order valence-corrected chi connectivity index (χ0v) is 61.5. The van der Waals surface area contributed by atoms with Crippen LogP contribution >= 0.6 is 0 Å². The third-order valence-electron chi connectivity index (χ3n) is 18.9. The third kappa shape index (κ3) is 23.2. The Bertz CT molecular complexity index is 3710. The van der Waals surface area contributed by atoms with Crippen LogP contribution in [0.5, 0.6) is 0 Å². The predicted octanol–water partition coefficient (Wildman–Crippen LogP) is -19.3. The molecule has 8 fully saturated rings. The molecule has 0 aliphatic carbocycles. The molecule has 8 rings (SSSR count). The van der Waals surface area contributed by atoms with Gasteiger partial charge in [-0.25, -0.2) is 19.2 Å². The van der Waals surface area contributed by atoms with E-state index >= 15 is 0 Å². The third-order valence-corrected chi connectivity index (χ3v) is 21.2. The Morgan fingerprint density at radius 3 is 0.765 bits per heavy atom. The van der Waals surface area contributed by atoms with E-state index < -0.39 is 337 Å². The van der Waals surface area contributed by atoms with Gasteiger partial charge in [-0.15, -0.1) is 0 Å². The summed E-state index contributed by atoms with van der Waals surface area (Å²) < 4.78 is 231. The average Bonchev–Trinajstić information content (AvgIpc) is 0.763. The maximum absolute atomic E-state index is 13.0. The molecule has 0 saturated carbocycles. The minimum absolute atomic E-state index is 0.154. The molecule has 31 N–H and O–H groups in total. The Morgan fingerprint density at radius 2 is 0.522 bits per heavy atom. The lowest BCUT2D eigenvalue weighted by atomic mass is 9.94. The van der Waals surface area contributed by atoms with Gasteiger partial charge in [-0.05, 0) is 25.8 Å². The van der Waals surface area contributed by atoms with Crippen LogP contribution in [0.25, 0.3) is 0 Å². The molecule has 0 aromatic heterocycles. The van der Waals surface area contributed by atoms with Crippen LogP contribution in [0, 0.1) is 0 Å². The van der Waals surface area contributed by atoms with E-state index in [9.17, 15) is 178 Å². The van der Waals surface area contributed by atoms with E-state index in [1.54, 1.807) is 0 Å². The number of carboxylic acids is 4. The highest BCUT2D eigenvalue weighted by atomic mass is 32.2. The van der Waals surface area contributed by atoms with Gasteiger partial charge in [-0.1, -0.05) is 0 Å². The Morgan fingerprint density at radius 1 is 0.287 bits per heavy atom. The van der Waals surface area contributed by atoms with Crippen LogP contribution in [0.1, 0.15) is 19.3 Å². The zero-order valence-electron chi connectivity index (χ0n) is 58.3. The van der Waals surface area contributed by atoms with E-state index in [2.05, 4.69) is 0 Å². The molecular weight excluding hydrogens is 1680 g/mol. The van der Waals surface area contributed by atoms with E-state index in [-0.39, 0.29) is 6.61 Å². The molecule has 0 aromatic carbocycles. The summed E-state index contributed by atoms with van der Waals surface area (Å²) in [5.41, 5.74) is 5.47. The van der Waals surface area contributed by atoms with Crippen LogP contribution in [0.15, 0.2) is 0 Å². The van der Waals surface area contributed by atoms with Crippen molar-refractivity contribution in [2.45, 2.75) is 265 Å². The highest BCUT2D eigenvalue weighted by Crippen LogP contribution is 2.40. The minimum Gasteiger partial charge on any atom is -0.479 e. The fraction of sp³-hybridized carbons (Fsp3) is 0.925. The van der Waals surface area contributed by atoms with E-state index in [1.807, 2.05) is 0 Å². The fourth-order valence-corrected chi connectivity index (χ4v) is 15.8. The van der Waals surface area contributed by atoms with Gasteiger partial charge in [0.15, 0.2) is 74.7 Å². The lowest BCUT2D eigenvalue weighted by Crippen LogP contribution is -2.71. The second kappa shape index (κ2) is 39.9. The first-order chi connectivity index (χ1) is 53.5. The predicted molar refractivity (Wildman–Crippen MR) is 343 cm³/mol. The molecule has 8 saturated heterocycles. The van der Waals surface area contributed by atoms with Crippen molar-refractivity contribution in [1.82, 2.24) is 18.9 Å². The monoisotopic (exact) mass is 1770 g/mol. The summed E-state index contributed by atoms with van der Waals surface area (Å²) in [6, 6.07) is -10.1. The van der Waals surface area contributed by atoms with Gasteiger partial charge in [-0.3, -0.25) is 18.2 Å². The number of aliphatic carboxylic acids is 4. The molecule has 8 aliphatic rings. The first-order valence-electron chi connectivity index (χ1n) is 33.8. The van der Waals surface area contributed by atoms with Crippen molar-refractivity contribution in [3.63, 3.8) is 0 Å². The van der Waals surface area contributed by atoms with E-state index in [0.29, 0.717) is 25.8 Å². The topological polar surface area (TPSA) is 932 Å². The summed E-state index contributed by atoms with van der Waals surface area (Å²) in [5.74, 6) is -8.54. The van der Waals surface area contributed by atoms with E-state index in [0.717, 1.165) is 0 Å². The van der Waals surface area contributed by atoms with Crippen LogP contribution < -0.4 is 24.6 Å². The number of carbonyl (C=O) groups is 4. The molecule has 8 aliphatic heterocycles. The minimum atomic E-state index is -5.76. The molecule has 0 radical (unpaired) electrons. The summed E-state index contributed by atoms with van der Waals surface area (Å²) in [6.45, 7) is -5.34. The first kappa shape index (κ1) is 96.5. The second-order valence-corrected chi connectivity index (χ2v) is 31.5. The van der Waals surface area contributed by atoms with Crippen molar-refractivity contribution in [2.75, 3.05) is 39.6 Å². The van der Waals surface area contributed by atoms with Crippen LogP contribution in [0.2, 0.25) is 0 Å². The number of nitrogens with two attached hydrogens (primary N) is 1. The molecule has 0 unspecified atom stereocenters. The number of hydrogen-bond donors (Lipinski definition) is 30. The molecule has 8 heterocycles. The van der Waals surface area contributed by atoms with Crippen molar-refractivity contribution >= 4 is 65.1 Å². The van der Waals surface area contributed by atoms with Crippen LogP contribution in [-0.4, -0.2) is 468 Å². The van der Waals surface area contributed by atoms with E-state index in [1.165, 1.54) is 18.9 Å². The maximum Gasteiger partial charge on any atom is 0.335 e. The molecule has 58 nitrogen and oxygen atoms in total. The van der Waals surface area contributed by atoms with Crippen molar-refractivity contribution in [3.8, 4) is 0 Å². The number of rotatable bonds is 36. The van der Waals surface area contributed by atoms with Crippen molar-refractivity contribution in [3.05, 3.63) is 0 Å². The number of carboxylic acid groups (broad SMARTS) is 4. The molecule has 0 spiro atoms. The van der Waals surface area contributed by atoms with Crippen LogP contribution in [0.4, 0.5) is 0 Å². The van der Waals surface area contributed by atoms with Gasteiger partial charge >= 0.3 is 65.1 Å². The normalized spacial score (nSPS) is 44.6. The lowest BCUT2D eigenvalue weighted by molar-refractivity contribution is -0.382. The van der Waals surface area contributed by atoms with Gasteiger partial charge in [0, 0.05) is 6.61 Å². The standard InChI is InChI=1S/C53H89N5O53S4/c54-4-2-1-3-5-96-50-27(72)23(68)34(38(108-50)42(76)77)105-47-15(56-113(87,88)89)20(65)31(11(7-60)98-47)102-52-29(74)25(70)36(40(110-52)44(80)81)107-49-17(58-115(93,94)95)22(67)33(13(9-62)100-49)103-53-30(75)26(71)37(41(111-53)45(82)83)106-48-16(57-114(90,91)92)21(66)32(12(8-61)99-48)101-51-28(73)24(69)35(39(109-51)43(78)79)104-46-14(55-112(84,85)86)19(64)18(63)10(6-59)97-46/h10-41,46-53,55-75H,1-9,54H2,(H,76,77)(H,78,79)(H,80,81)(H,82,83)(H,84,85,86)(H,87,88,89)(H,90,91,92)(H,93,94,95)/t10-,11-,12-,13-,14-,15-,16-,17-,18-,19-,20-,21-,22-,23-,24-,25-,26-,27-,28-,29-,30-,31-,32-,33-,34+,35+,36+,37+,38+,39-,40-,41+,46-,47-,48-,49-,50-,51-,52-,53-/m1/s1. The van der Waals surface area contributed by atoms with Crippen molar-refractivity contribution < 1.29 is 254 Å². The Hall–Kier alpha value is -4.00. The number of ether oxygens (including phenoxy) is 16.